The molecule has 10 heteroatoms. The first kappa shape index (κ1) is 20.3. The third-order valence-electron chi connectivity index (χ3n) is 4.08. The van der Waals surface area contributed by atoms with Crippen molar-refractivity contribution in [3.8, 4) is 16.3 Å². The summed E-state index contributed by atoms with van der Waals surface area (Å²) in [4.78, 5) is 17.1. The maximum atomic E-state index is 12.8. The van der Waals surface area contributed by atoms with Crippen molar-refractivity contribution in [3.05, 3.63) is 77.7 Å². The standard InChI is InChI=1S/C19H12Cl2IN5OS/c1-10-15(18(28)27(26-10)13-5-3-12(22)4-6-13)9-23-19-25-24-17(29-19)14-7-2-11(20)8-16(14)21/h2-9,26H,1H3. The Bertz CT molecular complexity index is 1280. The Labute approximate surface area is 193 Å². The number of nitrogens with one attached hydrogen (secondary N) is 1. The van der Waals surface area contributed by atoms with Gasteiger partial charge in [0.05, 0.1) is 16.3 Å². The van der Waals surface area contributed by atoms with Gasteiger partial charge in [-0.3, -0.25) is 9.89 Å². The van der Waals surface area contributed by atoms with Crippen LogP contribution in [-0.2, 0) is 0 Å². The Morgan fingerprint density at radius 2 is 1.93 bits per heavy atom. The summed E-state index contributed by atoms with van der Waals surface area (Å²) in [5.74, 6) is 0. The number of benzene rings is 2. The number of H-pyrrole nitrogens is 1. The van der Waals surface area contributed by atoms with Gasteiger partial charge in [-0.05, 0) is 72.0 Å². The van der Waals surface area contributed by atoms with Crippen molar-refractivity contribution in [2.75, 3.05) is 0 Å². The van der Waals surface area contributed by atoms with Gasteiger partial charge in [-0.2, -0.15) is 0 Å². The third-order valence-corrected chi connectivity index (χ3v) is 6.21. The summed E-state index contributed by atoms with van der Waals surface area (Å²) in [5, 5.41) is 13.4. The molecule has 0 spiro atoms. The maximum Gasteiger partial charge on any atom is 0.280 e. The van der Waals surface area contributed by atoms with Crippen LogP contribution in [0.2, 0.25) is 10.0 Å². The molecule has 0 radical (unpaired) electrons. The SMILES string of the molecule is Cc1[nH]n(-c2ccc(I)cc2)c(=O)c1C=Nc1nnc(-c2ccc(Cl)cc2Cl)s1. The second-order valence-corrected chi connectivity index (χ2v) is 9.08. The minimum atomic E-state index is -0.182. The summed E-state index contributed by atoms with van der Waals surface area (Å²) in [7, 11) is 0. The van der Waals surface area contributed by atoms with Gasteiger partial charge in [-0.1, -0.05) is 34.5 Å². The van der Waals surface area contributed by atoms with Crippen LogP contribution in [-0.4, -0.2) is 26.2 Å². The van der Waals surface area contributed by atoms with Gasteiger partial charge in [-0.25, -0.2) is 9.67 Å². The molecule has 2 aromatic carbocycles. The predicted molar refractivity (Wildman–Crippen MR) is 126 cm³/mol. The molecule has 0 aliphatic rings. The van der Waals surface area contributed by atoms with Gasteiger partial charge in [0.1, 0.15) is 0 Å². The molecule has 4 aromatic rings. The second-order valence-electron chi connectivity index (χ2n) is 6.04. The summed E-state index contributed by atoms with van der Waals surface area (Å²) in [6.45, 7) is 1.82. The van der Waals surface area contributed by atoms with Crippen LogP contribution in [0.1, 0.15) is 11.3 Å². The average Bonchev–Trinajstić information content (AvgIpc) is 3.26. The normalized spacial score (nSPS) is 11.4. The summed E-state index contributed by atoms with van der Waals surface area (Å²) >= 11 is 15.7. The molecule has 0 atom stereocenters. The molecule has 0 fully saturated rings. The minimum absolute atomic E-state index is 0.182. The smallest absolute Gasteiger partial charge is 0.280 e. The van der Waals surface area contributed by atoms with Crippen LogP contribution in [0.3, 0.4) is 0 Å². The number of hydrogen-bond acceptors (Lipinski definition) is 5. The summed E-state index contributed by atoms with van der Waals surface area (Å²) in [6, 6.07) is 12.8. The third kappa shape index (κ3) is 4.30. The summed E-state index contributed by atoms with van der Waals surface area (Å²) in [6.07, 6.45) is 1.51. The zero-order valence-electron chi connectivity index (χ0n) is 14.9. The number of aromatic nitrogens is 4. The number of aryl methyl sites for hydroxylation is 1. The molecule has 0 saturated heterocycles. The molecule has 6 nitrogen and oxygen atoms in total. The Morgan fingerprint density at radius 3 is 2.66 bits per heavy atom. The van der Waals surface area contributed by atoms with E-state index in [0.29, 0.717) is 31.4 Å². The van der Waals surface area contributed by atoms with E-state index < -0.39 is 0 Å². The Kier molecular flexibility index (Phi) is 5.86. The number of aliphatic imine (C=N–C) groups is 1. The average molecular weight is 556 g/mol. The van der Waals surface area contributed by atoms with Crippen LogP contribution in [0.25, 0.3) is 16.3 Å². The summed E-state index contributed by atoms with van der Waals surface area (Å²) < 4.78 is 2.59. The molecule has 0 amide bonds. The topological polar surface area (TPSA) is 75.9 Å². The van der Waals surface area contributed by atoms with E-state index in [-0.39, 0.29) is 5.56 Å². The lowest BCUT2D eigenvalue weighted by molar-refractivity contribution is 0.835. The molecule has 29 heavy (non-hydrogen) atoms. The first-order valence-electron chi connectivity index (χ1n) is 8.33. The van der Waals surface area contributed by atoms with Gasteiger partial charge in [0.25, 0.3) is 5.56 Å². The van der Waals surface area contributed by atoms with Gasteiger partial charge in [-0.15, -0.1) is 10.2 Å². The number of hydrogen-bond donors (Lipinski definition) is 1. The Hall–Kier alpha value is -2.01. The van der Waals surface area contributed by atoms with Gasteiger partial charge < -0.3 is 0 Å². The van der Waals surface area contributed by atoms with Gasteiger partial charge in [0.2, 0.25) is 5.13 Å². The van der Waals surface area contributed by atoms with Crippen molar-refractivity contribution in [3.63, 3.8) is 0 Å². The fraction of sp³-hybridized carbons (Fsp3) is 0.0526. The number of halogens is 3. The van der Waals surface area contributed by atoms with Crippen LogP contribution in [0, 0.1) is 10.5 Å². The fourth-order valence-electron chi connectivity index (χ4n) is 2.64. The van der Waals surface area contributed by atoms with E-state index in [1.54, 1.807) is 18.2 Å². The highest BCUT2D eigenvalue weighted by atomic mass is 127. The molecular weight excluding hydrogens is 544 g/mol. The van der Waals surface area contributed by atoms with E-state index in [1.807, 2.05) is 31.2 Å². The van der Waals surface area contributed by atoms with Crippen molar-refractivity contribution in [1.82, 2.24) is 20.0 Å². The second kappa shape index (κ2) is 8.39. The lowest BCUT2D eigenvalue weighted by Gasteiger charge is -2.00. The van der Waals surface area contributed by atoms with Crippen LogP contribution >= 0.6 is 57.1 Å². The molecule has 0 aliphatic heterocycles. The monoisotopic (exact) mass is 555 g/mol. The fourth-order valence-corrected chi connectivity index (χ4v) is 4.29. The molecule has 4 rings (SSSR count). The quantitative estimate of drug-likeness (QED) is 0.261. The van der Waals surface area contributed by atoms with Crippen molar-refractivity contribution in [2.45, 2.75) is 6.92 Å². The lowest BCUT2D eigenvalue weighted by Crippen LogP contribution is -2.17. The highest BCUT2D eigenvalue weighted by molar-refractivity contribution is 14.1. The summed E-state index contributed by atoms with van der Waals surface area (Å²) in [5.41, 5.74) is 2.48. The van der Waals surface area contributed by atoms with Crippen LogP contribution < -0.4 is 5.56 Å². The largest absolute Gasteiger partial charge is 0.295 e. The van der Waals surface area contributed by atoms with E-state index in [1.165, 1.54) is 22.2 Å². The van der Waals surface area contributed by atoms with Gasteiger partial charge >= 0.3 is 0 Å². The maximum absolute atomic E-state index is 12.8. The zero-order valence-corrected chi connectivity index (χ0v) is 19.3. The lowest BCUT2D eigenvalue weighted by atomic mass is 10.2. The van der Waals surface area contributed by atoms with Crippen molar-refractivity contribution < 1.29 is 0 Å². The molecular formula is C19H12Cl2IN5OS. The van der Waals surface area contributed by atoms with Crippen LogP contribution in [0.15, 0.2) is 52.3 Å². The van der Waals surface area contributed by atoms with Gasteiger partial charge in [0, 0.05) is 26.1 Å². The Morgan fingerprint density at radius 1 is 1.17 bits per heavy atom. The number of aromatic amines is 1. The molecule has 2 aromatic heterocycles. The number of nitrogens with zero attached hydrogens (tertiary/aromatic N) is 4. The van der Waals surface area contributed by atoms with Crippen molar-refractivity contribution >= 4 is 68.5 Å². The highest BCUT2D eigenvalue weighted by Gasteiger charge is 2.13. The van der Waals surface area contributed by atoms with Crippen LogP contribution in [0.5, 0.6) is 0 Å². The first-order valence-corrected chi connectivity index (χ1v) is 11.0. The molecule has 146 valence electrons. The highest BCUT2D eigenvalue weighted by Crippen LogP contribution is 2.34. The molecule has 1 N–H and O–H groups in total. The Balaban J connectivity index is 1.63. The predicted octanol–water partition coefficient (Wildman–Crippen LogP) is 5.65. The van der Waals surface area contributed by atoms with E-state index >= 15 is 0 Å². The molecule has 0 bridgehead atoms. The van der Waals surface area contributed by atoms with E-state index in [2.05, 4.69) is 42.9 Å². The minimum Gasteiger partial charge on any atom is -0.295 e. The van der Waals surface area contributed by atoms with E-state index in [4.69, 9.17) is 23.2 Å². The molecule has 0 aliphatic carbocycles. The molecule has 2 heterocycles. The van der Waals surface area contributed by atoms with E-state index in [0.717, 1.165) is 14.8 Å². The first-order chi connectivity index (χ1) is 13.9. The molecule has 0 unspecified atom stereocenters. The van der Waals surface area contributed by atoms with Gasteiger partial charge in [0.15, 0.2) is 5.01 Å². The van der Waals surface area contributed by atoms with Crippen molar-refractivity contribution in [1.29, 1.82) is 0 Å². The van der Waals surface area contributed by atoms with Crippen molar-refractivity contribution in [2.24, 2.45) is 4.99 Å². The van der Waals surface area contributed by atoms with E-state index in [9.17, 15) is 4.79 Å². The molecule has 0 saturated carbocycles. The van der Waals surface area contributed by atoms with Crippen LogP contribution in [0.4, 0.5) is 5.13 Å². The zero-order chi connectivity index (χ0) is 20.5. The number of rotatable bonds is 4.